The summed E-state index contributed by atoms with van der Waals surface area (Å²) in [7, 11) is -4.17. The van der Waals surface area contributed by atoms with Gasteiger partial charge in [0.15, 0.2) is 0 Å². The first-order valence-corrected chi connectivity index (χ1v) is 8.88. The number of aliphatic hydroxyl groups is 1. The molecule has 8 heteroatoms. The van der Waals surface area contributed by atoms with Crippen LogP contribution in [0.4, 0.5) is 8.78 Å². The van der Waals surface area contributed by atoms with E-state index in [1.807, 2.05) is 0 Å². The minimum Gasteiger partial charge on any atom is -0.389 e. The highest BCUT2D eigenvalue weighted by atomic mass is 79.9. The Morgan fingerprint density at radius 2 is 1.86 bits per heavy atom. The summed E-state index contributed by atoms with van der Waals surface area (Å²) in [5.41, 5.74) is -1.10. The molecule has 118 valence electrons. The van der Waals surface area contributed by atoms with Crippen molar-refractivity contribution >= 4 is 26.0 Å². The molecule has 0 aliphatic heterocycles. The second-order valence-electron chi connectivity index (χ2n) is 5.31. The maximum Gasteiger partial charge on any atom is 0.244 e. The predicted molar refractivity (Wildman–Crippen MR) is 77.3 cm³/mol. The van der Waals surface area contributed by atoms with Gasteiger partial charge in [0.1, 0.15) is 16.5 Å². The number of halogens is 3. The number of rotatable bonds is 4. The van der Waals surface area contributed by atoms with Crippen LogP contribution in [-0.2, 0) is 10.0 Å². The van der Waals surface area contributed by atoms with Gasteiger partial charge in [0, 0.05) is 17.1 Å². The van der Waals surface area contributed by atoms with Crippen LogP contribution >= 0.6 is 15.9 Å². The summed E-state index contributed by atoms with van der Waals surface area (Å²) >= 11 is 2.85. The van der Waals surface area contributed by atoms with Gasteiger partial charge in [0.05, 0.1) is 5.60 Å². The first kappa shape index (κ1) is 16.8. The molecular formula is C13H16BrF2NO3S. The SMILES string of the molecule is O=S(=O)(NCC1(O)CCCCC1)c1c(F)cc(F)cc1Br. The molecule has 0 aromatic heterocycles. The van der Waals surface area contributed by atoms with E-state index in [-0.39, 0.29) is 11.0 Å². The standard InChI is InChI=1S/C13H16BrF2NO3S/c14-10-6-9(15)7-11(16)12(10)21(19,20)17-8-13(18)4-2-1-3-5-13/h6-7,17-18H,1-5,8H2. The van der Waals surface area contributed by atoms with Crippen LogP contribution in [-0.4, -0.2) is 25.7 Å². The van der Waals surface area contributed by atoms with Crippen LogP contribution < -0.4 is 4.72 Å². The van der Waals surface area contributed by atoms with Crippen LogP contribution in [0.2, 0.25) is 0 Å². The number of sulfonamides is 1. The average molecular weight is 384 g/mol. The van der Waals surface area contributed by atoms with Crippen LogP contribution in [0.1, 0.15) is 32.1 Å². The number of nitrogens with one attached hydrogen (secondary N) is 1. The topological polar surface area (TPSA) is 66.4 Å². The molecule has 1 aliphatic rings. The monoisotopic (exact) mass is 383 g/mol. The van der Waals surface area contributed by atoms with Gasteiger partial charge in [-0.3, -0.25) is 0 Å². The van der Waals surface area contributed by atoms with Crippen molar-refractivity contribution in [3.05, 3.63) is 28.2 Å². The van der Waals surface area contributed by atoms with Crippen molar-refractivity contribution in [1.82, 2.24) is 4.72 Å². The summed E-state index contributed by atoms with van der Waals surface area (Å²) in [4.78, 5) is -0.650. The summed E-state index contributed by atoms with van der Waals surface area (Å²) in [6, 6.07) is 1.39. The van der Waals surface area contributed by atoms with E-state index in [9.17, 15) is 22.3 Å². The Bertz CT molecular complexity index is 607. The van der Waals surface area contributed by atoms with Gasteiger partial charge in [0.2, 0.25) is 10.0 Å². The fourth-order valence-electron chi connectivity index (χ4n) is 2.47. The molecule has 1 aromatic rings. The molecule has 0 saturated heterocycles. The quantitative estimate of drug-likeness (QED) is 0.839. The minimum absolute atomic E-state index is 0.182. The fraction of sp³-hybridized carbons (Fsp3) is 0.538. The average Bonchev–Trinajstić information content (AvgIpc) is 2.36. The Labute approximate surface area is 130 Å². The van der Waals surface area contributed by atoms with Gasteiger partial charge in [-0.15, -0.1) is 0 Å². The highest BCUT2D eigenvalue weighted by Crippen LogP contribution is 2.29. The van der Waals surface area contributed by atoms with Crippen molar-refractivity contribution in [1.29, 1.82) is 0 Å². The maximum atomic E-state index is 13.7. The summed E-state index contributed by atoms with van der Waals surface area (Å²) < 4.78 is 53.1. The zero-order chi connectivity index (χ0) is 15.7. The summed E-state index contributed by atoms with van der Waals surface area (Å²) in [6.07, 6.45) is 3.66. The van der Waals surface area contributed by atoms with Crippen LogP contribution in [0.25, 0.3) is 0 Å². The number of benzene rings is 1. The Balaban J connectivity index is 2.19. The molecule has 21 heavy (non-hydrogen) atoms. The molecule has 1 fully saturated rings. The Morgan fingerprint density at radius 1 is 1.24 bits per heavy atom. The van der Waals surface area contributed by atoms with Gasteiger partial charge in [-0.25, -0.2) is 21.9 Å². The molecule has 2 rings (SSSR count). The van der Waals surface area contributed by atoms with Gasteiger partial charge >= 0.3 is 0 Å². The van der Waals surface area contributed by atoms with Crippen molar-refractivity contribution in [3.8, 4) is 0 Å². The molecule has 2 N–H and O–H groups in total. The second kappa shape index (κ2) is 6.28. The van der Waals surface area contributed by atoms with E-state index in [2.05, 4.69) is 20.7 Å². The van der Waals surface area contributed by atoms with Gasteiger partial charge in [-0.05, 0) is 34.8 Å². The lowest BCUT2D eigenvalue weighted by atomic mass is 9.85. The lowest BCUT2D eigenvalue weighted by Crippen LogP contribution is -2.44. The van der Waals surface area contributed by atoms with E-state index in [1.165, 1.54) is 0 Å². The molecule has 0 heterocycles. The fourth-order valence-corrected chi connectivity index (χ4v) is 4.76. The van der Waals surface area contributed by atoms with Gasteiger partial charge in [-0.1, -0.05) is 19.3 Å². The second-order valence-corrected chi connectivity index (χ2v) is 7.87. The highest BCUT2D eigenvalue weighted by molar-refractivity contribution is 9.10. The van der Waals surface area contributed by atoms with Crippen molar-refractivity contribution in [3.63, 3.8) is 0 Å². The van der Waals surface area contributed by atoms with E-state index in [4.69, 9.17) is 0 Å². The van der Waals surface area contributed by atoms with Gasteiger partial charge in [0.25, 0.3) is 0 Å². The van der Waals surface area contributed by atoms with Crippen molar-refractivity contribution in [2.75, 3.05) is 6.54 Å². The zero-order valence-corrected chi connectivity index (χ0v) is 13.6. The normalized spacial score (nSPS) is 18.7. The largest absolute Gasteiger partial charge is 0.389 e. The molecule has 0 radical (unpaired) electrons. The van der Waals surface area contributed by atoms with E-state index < -0.39 is 32.2 Å². The van der Waals surface area contributed by atoms with Gasteiger partial charge < -0.3 is 5.11 Å². The third-order valence-corrected chi connectivity index (χ3v) is 5.97. The van der Waals surface area contributed by atoms with Crippen molar-refractivity contribution in [2.45, 2.75) is 42.6 Å². The number of hydrogen-bond donors (Lipinski definition) is 2. The van der Waals surface area contributed by atoms with Crippen LogP contribution in [0.5, 0.6) is 0 Å². The van der Waals surface area contributed by atoms with Crippen LogP contribution in [0.15, 0.2) is 21.5 Å². The van der Waals surface area contributed by atoms with Crippen molar-refractivity contribution < 1.29 is 22.3 Å². The zero-order valence-electron chi connectivity index (χ0n) is 11.2. The predicted octanol–water partition coefficient (Wildman–Crippen LogP) is 2.70. The first-order chi connectivity index (χ1) is 9.73. The molecule has 0 bridgehead atoms. The summed E-state index contributed by atoms with van der Waals surface area (Å²) in [6.45, 7) is -0.182. The molecular weight excluding hydrogens is 368 g/mol. The van der Waals surface area contributed by atoms with E-state index in [0.29, 0.717) is 18.9 Å². The molecule has 0 spiro atoms. The Morgan fingerprint density at radius 3 is 2.43 bits per heavy atom. The summed E-state index contributed by atoms with van der Waals surface area (Å²) in [5, 5.41) is 10.3. The third-order valence-electron chi connectivity index (χ3n) is 3.61. The summed E-state index contributed by atoms with van der Waals surface area (Å²) in [5.74, 6) is -2.05. The smallest absolute Gasteiger partial charge is 0.244 e. The molecule has 1 aromatic carbocycles. The molecule has 0 amide bonds. The lowest BCUT2D eigenvalue weighted by molar-refractivity contribution is 0.00944. The minimum atomic E-state index is -4.17. The first-order valence-electron chi connectivity index (χ1n) is 6.60. The molecule has 4 nitrogen and oxygen atoms in total. The van der Waals surface area contributed by atoms with E-state index in [0.717, 1.165) is 25.3 Å². The Hall–Kier alpha value is -0.570. The maximum absolute atomic E-state index is 13.7. The van der Waals surface area contributed by atoms with Gasteiger partial charge in [-0.2, -0.15) is 0 Å². The van der Waals surface area contributed by atoms with E-state index in [1.54, 1.807) is 0 Å². The van der Waals surface area contributed by atoms with Crippen LogP contribution in [0.3, 0.4) is 0 Å². The number of hydrogen-bond acceptors (Lipinski definition) is 3. The van der Waals surface area contributed by atoms with Crippen molar-refractivity contribution in [2.24, 2.45) is 0 Å². The molecule has 1 aliphatic carbocycles. The lowest BCUT2D eigenvalue weighted by Gasteiger charge is -2.32. The molecule has 0 atom stereocenters. The molecule has 1 saturated carbocycles. The highest BCUT2D eigenvalue weighted by Gasteiger charge is 2.32. The molecule has 0 unspecified atom stereocenters. The van der Waals surface area contributed by atoms with Crippen LogP contribution in [0, 0.1) is 11.6 Å². The van der Waals surface area contributed by atoms with E-state index >= 15 is 0 Å². The Kier molecular flexibility index (Phi) is 5.02. The third kappa shape index (κ3) is 4.00.